The Morgan fingerprint density at radius 2 is 1.23 bits per heavy atom. The molecule has 12 nitrogen and oxygen atoms in total. The lowest BCUT2D eigenvalue weighted by molar-refractivity contribution is -0.301. The molecular weight excluding hydrogens is 704 g/mol. The summed E-state index contributed by atoms with van der Waals surface area (Å²) < 4.78 is 58.8. The third-order valence-electron chi connectivity index (χ3n) is 9.28. The average molecular weight is 779 g/mol. The quantitative estimate of drug-likeness (QED) is 0.0214. The van der Waals surface area contributed by atoms with E-state index in [0.717, 1.165) is 70.6 Å². The van der Waals surface area contributed by atoms with Gasteiger partial charge in [-0.25, -0.2) is 4.18 Å². The second kappa shape index (κ2) is 32.8. The Morgan fingerprint density at radius 1 is 0.698 bits per heavy atom. The standard InChI is InChI=1S/C40H74O12S/c1-3-5-7-9-11-13-15-16-17-18-19-20-22-24-26-28-30-48-32-34(50-36(42)29-27-25-23-21-14-12-10-8-6-4-2)33-49-40-38(44)39(52-53(45,46)47)37(43)35(31-41)51-40/h8,10,16-17,34-35,37-41,43-44H,3-7,9,11-15,18-33H2,1-2H3,(H,45,46,47)/b10-8-,17-16-. The molecule has 0 amide bonds. The van der Waals surface area contributed by atoms with Gasteiger partial charge in [-0.3, -0.25) is 9.35 Å². The zero-order valence-electron chi connectivity index (χ0n) is 32.8. The van der Waals surface area contributed by atoms with Crippen molar-refractivity contribution < 1.29 is 56.2 Å². The van der Waals surface area contributed by atoms with Crippen molar-refractivity contribution in [3.05, 3.63) is 24.3 Å². The Kier molecular flexibility index (Phi) is 30.7. The fourth-order valence-corrected chi connectivity index (χ4v) is 6.65. The Balaban J connectivity index is 2.46. The molecule has 0 aromatic heterocycles. The predicted molar refractivity (Wildman–Crippen MR) is 207 cm³/mol. The first-order chi connectivity index (χ1) is 25.6. The maximum atomic E-state index is 12.7. The molecule has 1 heterocycles. The van der Waals surface area contributed by atoms with Gasteiger partial charge in [-0.1, -0.05) is 122 Å². The number of rotatable bonds is 35. The number of allylic oxidation sites excluding steroid dienone is 4. The number of hydrogen-bond donors (Lipinski definition) is 4. The summed E-state index contributed by atoms with van der Waals surface area (Å²) in [6, 6.07) is 0. The molecule has 0 aliphatic carbocycles. The van der Waals surface area contributed by atoms with Crippen LogP contribution in [0.15, 0.2) is 24.3 Å². The fraction of sp³-hybridized carbons (Fsp3) is 0.875. The lowest BCUT2D eigenvalue weighted by Crippen LogP contribution is -2.60. The molecule has 1 fully saturated rings. The summed E-state index contributed by atoms with van der Waals surface area (Å²) in [5.41, 5.74) is 0. The van der Waals surface area contributed by atoms with Crippen molar-refractivity contribution >= 4 is 16.4 Å². The molecule has 53 heavy (non-hydrogen) atoms. The maximum Gasteiger partial charge on any atom is 0.397 e. The van der Waals surface area contributed by atoms with Crippen LogP contribution in [0.25, 0.3) is 0 Å². The summed E-state index contributed by atoms with van der Waals surface area (Å²) in [6.45, 7) is 3.88. The van der Waals surface area contributed by atoms with Gasteiger partial charge in [0.2, 0.25) is 0 Å². The van der Waals surface area contributed by atoms with Gasteiger partial charge >= 0.3 is 16.4 Å². The molecule has 0 aromatic carbocycles. The number of carbonyl (C=O) groups excluding carboxylic acids is 1. The van der Waals surface area contributed by atoms with Gasteiger partial charge in [-0.15, -0.1) is 0 Å². The van der Waals surface area contributed by atoms with E-state index in [9.17, 15) is 28.5 Å². The third-order valence-corrected chi connectivity index (χ3v) is 9.74. The predicted octanol–water partition coefficient (Wildman–Crippen LogP) is 7.68. The molecule has 0 radical (unpaired) electrons. The molecule has 1 aliphatic rings. The van der Waals surface area contributed by atoms with Gasteiger partial charge in [-0.2, -0.15) is 8.42 Å². The summed E-state index contributed by atoms with van der Waals surface area (Å²) in [5.74, 6) is -0.414. The average Bonchev–Trinajstić information content (AvgIpc) is 3.12. The lowest BCUT2D eigenvalue weighted by Gasteiger charge is -2.41. The molecule has 0 aromatic rings. The van der Waals surface area contributed by atoms with Gasteiger partial charge in [0.25, 0.3) is 0 Å². The number of aliphatic hydroxyl groups excluding tert-OH is 3. The summed E-state index contributed by atoms with van der Waals surface area (Å²) in [6.07, 6.45) is 25.1. The molecule has 6 unspecified atom stereocenters. The molecule has 312 valence electrons. The monoisotopic (exact) mass is 778 g/mol. The molecule has 13 heteroatoms. The van der Waals surface area contributed by atoms with E-state index in [4.69, 9.17) is 23.5 Å². The summed E-state index contributed by atoms with van der Waals surface area (Å²) in [4.78, 5) is 12.7. The number of aliphatic hydroxyl groups is 3. The van der Waals surface area contributed by atoms with E-state index < -0.39 is 59.8 Å². The van der Waals surface area contributed by atoms with Crippen LogP contribution in [0.1, 0.15) is 162 Å². The topological polar surface area (TPSA) is 178 Å². The van der Waals surface area contributed by atoms with Gasteiger partial charge in [0, 0.05) is 13.0 Å². The molecule has 0 saturated carbocycles. The lowest BCUT2D eigenvalue weighted by atomic mass is 9.99. The van der Waals surface area contributed by atoms with E-state index in [2.05, 4.69) is 42.3 Å². The van der Waals surface area contributed by atoms with E-state index >= 15 is 0 Å². The van der Waals surface area contributed by atoms with E-state index in [-0.39, 0.29) is 19.6 Å². The third kappa shape index (κ3) is 26.9. The van der Waals surface area contributed by atoms with Crippen LogP contribution in [-0.2, 0) is 38.3 Å². The summed E-state index contributed by atoms with van der Waals surface area (Å²) in [7, 11) is -5.06. The first-order valence-electron chi connectivity index (χ1n) is 20.6. The van der Waals surface area contributed by atoms with Crippen LogP contribution in [0.3, 0.4) is 0 Å². The molecule has 1 rings (SSSR count). The fourth-order valence-electron chi connectivity index (χ4n) is 6.14. The first-order valence-corrected chi connectivity index (χ1v) is 22.0. The van der Waals surface area contributed by atoms with Crippen LogP contribution in [-0.4, -0.2) is 97.5 Å². The number of hydrogen-bond acceptors (Lipinski definition) is 11. The summed E-state index contributed by atoms with van der Waals surface area (Å²) >= 11 is 0. The number of unbranched alkanes of at least 4 members (excludes halogenated alkanes) is 18. The molecule has 0 bridgehead atoms. The first kappa shape index (κ1) is 49.6. The van der Waals surface area contributed by atoms with Crippen LogP contribution < -0.4 is 0 Å². The largest absolute Gasteiger partial charge is 0.457 e. The van der Waals surface area contributed by atoms with Gasteiger partial charge in [-0.05, 0) is 57.8 Å². The van der Waals surface area contributed by atoms with Crippen molar-refractivity contribution in [1.29, 1.82) is 0 Å². The van der Waals surface area contributed by atoms with Crippen molar-refractivity contribution in [2.24, 2.45) is 0 Å². The highest BCUT2D eigenvalue weighted by molar-refractivity contribution is 7.80. The minimum Gasteiger partial charge on any atom is -0.457 e. The SMILES string of the molecule is CCC/C=C\CCCCCCCC(=O)OC(COCCCCCCCC/C=C\CCCCCCCC)COC1OC(CO)C(O)C(OS(=O)(=O)O)C1O. The van der Waals surface area contributed by atoms with Crippen LogP contribution in [0.2, 0.25) is 0 Å². The van der Waals surface area contributed by atoms with Crippen LogP contribution in [0, 0.1) is 0 Å². The molecule has 1 aliphatic heterocycles. The second-order valence-electron chi connectivity index (χ2n) is 14.2. The number of carbonyl (C=O) groups is 1. The Hall–Kier alpha value is -1.42. The minimum atomic E-state index is -5.06. The van der Waals surface area contributed by atoms with Crippen molar-refractivity contribution in [2.45, 2.75) is 198 Å². The van der Waals surface area contributed by atoms with Gasteiger partial charge in [0.05, 0.1) is 19.8 Å². The number of ether oxygens (including phenoxy) is 4. The van der Waals surface area contributed by atoms with Gasteiger partial charge in [0.1, 0.15) is 30.5 Å². The van der Waals surface area contributed by atoms with Crippen LogP contribution >= 0.6 is 0 Å². The van der Waals surface area contributed by atoms with Gasteiger partial charge < -0.3 is 34.3 Å². The van der Waals surface area contributed by atoms with Crippen LogP contribution in [0.4, 0.5) is 0 Å². The molecular formula is C40H74O12S. The molecule has 1 saturated heterocycles. The van der Waals surface area contributed by atoms with E-state index in [1.54, 1.807) is 0 Å². The highest BCUT2D eigenvalue weighted by Gasteiger charge is 2.48. The molecule has 4 N–H and O–H groups in total. The highest BCUT2D eigenvalue weighted by atomic mass is 32.3. The molecule has 0 spiro atoms. The number of esters is 1. The molecule has 6 atom stereocenters. The highest BCUT2D eigenvalue weighted by Crippen LogP contribution is 2.26. The summed E-state index contributed by atoms with van der Waals surface area (Å²) in [5, 5.41) is 30.5. The maximum absolute atomic E-state index is 12.7. The Morgan fingerprint density at radius 3 is 1.77 bits per heavy atom. The van der Waals surface area contributed by atoms with E-state index in [0.29, 0.717) is 13.0 Å². The van der Waals surface area contributed by atoms with Crippen molar-refractivity contribution in [3.63, 3.8) is 0 Å². The van der Waals surface area contributed by atoms with Gasteiger partial charge in [0.15, 0.2) is 6.29 Å². The second-order valence-corrected chi connectivity index (χ2v) is 15.3. The Bertz CT molecular complexity index is 1040. The van der Waals surface area contributed by atoms with E-state index in [1.807, 2.05) is 0 Å². The Labute approximate surface area is 321 Å². The van der Waals surface area contributed by atoms with Crippen molar-refractivity contribution in [1.82, 2.24) is 0 Å². The van der Waals surface area contributed by atoms with E-state index in [1.165, 1.54) is 64.2 Å². The zero-order chi connectivity index (χ0) is 39.0. The minimum absolute atomic E-state index is 0.0299. The van der Waals surface area contributed by atoms with Crippen LogP contribution in [0.5, 0.6) is 0 Å². The smallest absolute Gasteiger partial charge is 0.397 e. The zero-order valence-corrected chi connectivity index (χ0v) is 33.6. The normalized spacial score (nSPS) is 21.5. The van der Waals surface area contributed by atoms with Crippen molar-refractivity contribution in [3.8, 4) is 0 Å². The van der Waals surface area contributed by atoms with Crippen molar-refractivity contribution in [2.75, 3.05) is 26.4 Å².